The van der Waals surface area contributed by atoms with E-state index in [9.17, 15) is 43.2 Å². The molecule has 0 fully saturated rings. The summed E-state index contributed by atoms with van der Waals surface area (Å²) in [5.41, 5.74) is 0. The Morgan fingerprint density at radius 1 is 0.318 bits per heavy atom. The van der Waals surface area contributed by atoms with E-state index >= 15 is 0 Å². The normalized spacial score (nSPS) is 14.2. The Bertz CT molecular complexity index is 1650. The molecule has 0 saturated carbocycles. The maximum absolute atomic E-state index is 13.0. The van der Waals surface area contributed by atoms with Crippen molar-refractivity contribution in [2.24, 2.45) is 5.92 Å². The molecule has 0 aromatic rings. The SMILES string of the molecule is CCCCCCCCCCCCCC(=O)OC[C@H](COP(=O)(O)OC[C@@H](O)COP(=O)(O)OC[C@@H](COC(=O)CCCCCCC)OC(=O)CCCCCCCCCCCC)OC(=O)CCCCCCCCCCCCCCCCCCC(C)C. The van der Waals surface area contributed by atoms with Gasteiger partial charge < -0.3 is 33.8 Å². The van der Waals surface area contributed by atoms with Crippen LogP contribution >= 0.6 is 15.6 Å². The van der Waals surface area contributed by atoms with Crippen molar-refractivity contribution >= 4 is 39.5 Å². The van der Waals surface area contributed by atoms with E-state index in [2.05, 4.69) is 34.6 Å². The second-order valence-corrected chi connectivity index (χ2v) is 27.2. The van der Waals surface area contributed by atoms with Gasteiger partial charge >= 0.3 is 39.5 Å². The molecule has 19 heteroatoms. The average molecular weight is 1260 g/mol. The molecule has 0 saturated heterocycles. The lowest BCUT2D eigenvalue weighted by molar-refractivity contribution is -0.161. The van der Waals surface area contributed by atoms with Gasteiger partial charge in [0.2, 0.25) is 0 Å². The highest BCUT2D eigenvalue weighted by atomic mass is 31.2. The third-order valence-electron chi connectivity index (χ3n) is 15.3. The van der Waals surface area contributed by atoms with Gasteiger partial charge in [-0.05, 0) is 31.6 Å². The van der Waals surface area contributed by atoms with Crippen molar-refractivity contribution in [2.45, 2.75) is 355 Å². The summed E-state index contributed by atoms with van der Waals surface area (Å²) in [7, 11) is -9.88. The molecular formula is C66H128O17P2. The number of ether oxygens (including phenoxy) is 4. The minimum absolute atomic E-state index is 0.106. The van der Waals surface area contributed by atoms with Gasteiger partial charge in [0.05, 0.1) is 26.4 Å². The smallest absolute Gasteiger partial charge is 0.462 e. The van der Waals surface area contributed by atoms with Crippen LogP contribution in [0.5, 0.6) is 0 Å². The average Bonchev–Trinajstić information content (AvgIpc) is 3.50. The van der Waals surface area contributed by atoms with Crippen molar-refractivity contribution in [1.29, 1.82) is 0 Å². The van der Waals surface area contributed by atoms with Gasteiger partial charge in [-0.1, -0.05) is 285 Å². The Hall–Kier alpha value is -1.94. The van der Waals surface area contributed by atoms with E-state index in [1.54, 1.807) is 0 Å². The number of unbranched alkanes of at least 4 members (excludes halogenated alkanes) is 38. The number of phosphoric ester groups is 2. The predicted molar refractivity (Wildman–Crippen MR) is 340 cm³/mol. The number of aliphatic hydroxyl groups excluding tert-OH is 1. The highest BCUT2D eigenvalue weighted by molar-refractivity contribution is 7.47. The highest BCUT2D eigenvalue weighted by Gasteiger charge is 2.30. The Balaban J connectivity index is 5.12. The summed E-state index contributed by atoms with van der Waals surface area (Å²) in [5.74, 6) is -1.33. The van der Waals surface area contributed by atoms with E-state index in [0.717, 1.165) is 102 Å². The van der Waals surface area contributed by atoms with Crippen LogP contribution in [0.4, 0.5) is 0 Å². The van der Waals surface area contributed by atoms with Crippen LogP contribution in [0.25, 0.3) is 0 Å². The number of esters is 4. The van der Waals surface area contributed by atoms with Crippen LogP contribution in [0.2, 0.25) is 0 Å². The van der Waals surface area contributed by atoms with E-state index < -0.39 is 97.5 Å². The first-order valence-electron chi connectivity index (χ1n) is 34.6. The minimum Gasteiger partial charge on any atom is -0.462 e. The fraction of sp³-hybridized carbons (Fsp3) is 0.939. The summed E-state index contributed by atoms with van der Waals surface area (Å²) < 4.78 is 67.9. The van der Waals surface area contributed by atoms with Gasteiger partial charge in [0.15, 0.2) is 12.2 Å². The molecular weight excluding hydrogens is 1130 g/mol. The third kappa shape index (κ3) is 60.7. The first-order valence-corrected chi connectivity index (χ1v) is 37.6. The molecule has 0 heterocycles. The molecule has 0 aliphatic heterocycles. The Morgan fingerprint density at radius 2 is 0.541 bits per heavy atom. The number of carbonyl (C=O) groups is 4. The number of carbonyl (C=O) groups excluding carboxylic acids is 4. The molecule has 17 nitrogen and oxygen atoms in total. The molecule has 3 N–H and O–H groups in total. The zero-order chi connectivity index (χ0) is 62.8. The molecule has 0 aliphatic carbocycles. The summed E-state index contributed by atoms with van der Waals surface area (Å²) in [6.45, 7) is 7.14. The zero-order valence-corrected chi connectivity index (χ0v) is 56.5. The lowest BCUT2D eigenvalue weighted by Gasteiger charge is -2.21. The maximum Gasteiger partial charge on any atom is 0.472 e. The molecule has 0 radical (unpaired) electrons. The fourth-order valence-electron chi connectivity index (χ4n) is 9.94. The largest absolute Gasteiger partial charge is 0.472 e. The van der Waals surface area contributed by atoms with Gasteiger partial charge in [-0.3, -0.25) is 37.3 Å². The molecule has 0 amide bonds. The number of phosphoric acid groups is 2. The first kappa shape index (κ1) is 83.1. The van der Waals surface area contributed by atoms with E-state index in [0.29, 0.717) is 25.7 Å². The van der Waals surface area contributed by atoms with Crippen LogP contribution in [-0.2, 0) is 65.4 Å². The van der Waals surface area contributed by atoms with Gasteiger partial charge in [0, 0.05) is 25.7 Å². The van der Waals surface area contributed by atoms with Crippen LogP contribution in [-0.4, -0.2) is 96.7 Å². The predicted octanol–water partition coefficient (Wildman–Crippen LogP) is 18.6. The van der Waals surface area contributed by atoms with Gasteiger partial charge in [-0.25, -0.2) is 9.13 Å². The second kappa shape index (κ2) is 59.7. The third-order valence-corrected chi connectivity index (χ3v) is 17.2. The topological polar surface area (TPSA) is 237 Å². The lowest BCUT2D eigenvalue weighted by Crippen LogP contribution is -2.30. The van der Waals surface area contributed by atoms with E-state index in [1.165, 1.54) is 154 Å². The molecule has 2 unspecified atom stereocenters. The fourth-order valence-corrected chi connectivity index (χ4v) is 11.5. The molecule has 0 spiro atoms. The highest BCUT2D eigenvalue weighted by Crippen LogP contribution is 2.45. The Kier molecular flexibility index (Phi) is 58.3. The summed E-state index contributed by atoms with van der Waals surface area (Å²) in [5, 5.41) is 10.5. The number of rotatable bonds is 66. The Labute approximate surface area is 517 Å². The van der Waals surface area contributed by atoms with Gasteiger partial charge in [0.1, 0.15) is 19.3 Å². The van der Waals surface area contributed by atoms with Gasteiger partial charge in [-0.2, -0.15) is 0 Å². The van der Waals surface area contributed by atoms with Crippen LogP contribution in [0.1, 0.15) is 336 Å². The van der Waals surface area contributed by atoms with Crippen LogP contribution in [0.3, 0.4) is 0 Å². The van der Waals surface area contributed by atoms with Crippen LogP contribution < -0.4 is 0 Å². The molecule has 5 atom stereocenters. The summed E-state index contributed by atoms with van der Waals surface area (Å²) >= 11 is 0. The van der Waals surface area contributed by atoms with Crippen LogP contribution in [0, 0.1) is 5.92 Å². The monoisotopic (exact) mass is 1250 g/mol. The molecule has 504 valence electrons. The molecule has 0 rings (SSSR count). The van der Waals surface area contributed by atoms with Crippen LogP contribution in [0.15, 0.2) is 0 Å². The molecule has 0 bridgehead atoms. The van der Waals surface area contributed by atoms with E-state index in [-0.39, 0.29) is 25.7 Å². The standard InChI is InChI=1S/C66H128O17P2/c1-6-9-12-15-17-19-27-32-35-40-45-50-64(69)77-56-62(83-66(71)52-47-42-37-33-29-26-24-22-21-23-25-28-30-34-39-43-48-59(4)5)58-81-85(74,75)79-54-60(67)53-78-84(72,73)80-57-61(55-76-63(68)49-44-38-14-11-8-3)82-65(70)51-46-41-36-31-20-18-16-13-10-7-2/h59-62,67H,6-58H2,1-5H3,(H,72,73)(H,74,75)/t60-,61+,62+/m0/s1. The second-order valence-electron chi connectivity index (χ2n) is 24.3. The summed E-state index contributed by atoms with van der Waals surface area (Å²) in [6.07, 6.45) is 44.8. The zero-order valence-electron chi connectivity index (χ0n) is 54.7. The molecule has 0 aromatic carbocycles. The first-order chi connectivity index (χ1) is 41.0. The lowest BCUT2D eigenvalue weighted by atomic mass is 10.0. The van der Waals surface area contributed by atoms with Crippen molar-refractivity contribution in [1.82, 2.24) is 0 Å². The molecule has 85 heavy (non-hydrogen) atoms. The Morgan fingerprint density at radius 3 is 0.800 bits per heavy atom. The van der Waals surface area contributed by atoms with Crippen molar-refractivity contribution in [2.75, 3.05) is 39.6 Å². The van der Waals surface area contributed by atoms with Crippen molar-refractivity contribution in [3.8, 4) is 0 Å². The van der Waals surface area contributed by atoms with Gasteiger partial charge in [0.25, 0.3) is 0 Å². The summed E-state index contributed by atoms with van der Waals surface area (Å²) in [6, 6.07) is 0. The number of hydrogen-bond donors (Lipinski definition) is 3. The van der Waals surface area contributed by atoms with E-state index in [4.69, 9.17) is 37.0 Å². The maximum atomic E-state index is 13.0. The van der Waals surface area contributed by atoms with Crippen molar-refractivity contribution in [3.05, 3.63) is 0 Å². The van der Waals surface area contributed by atoms with Crippen molar-refractivity contribution in [3.63, 3.8) is 0 Å². The quantitative estimate of drug-likeness (QED) is 0.0222. The number of hydrogen-bond acceptors (Lipinski definition) is 15. The van der Waals surface area contributed by atoms with E-state index in [1.807, 2.05) is 0 Å². The number of aliphatic hydroxyl groups is 1. The van der Waals surface area contributed by atoms with Crippen molar-refractivity contribution < 1.29 is 80.2 Å². The summed E-state index contributed by atoms with van der Waals surface area (Å²) in [4.78, 5) is 72.0. The molecule has 0 aliphatic rings. The van der Waals surface area contributed by atoms with Gasteiger partial charge in [-0.15, -0.1) is 0 Å². The minimum atomic E-state index is -4.94. The molecule has 0 aromatic heterocycles.